The monoisotopic (exact) mass is 212 g/mol. The lowest BCUT2D eigenvalue weighted by molar-refractivity contribution is 0.182. The Hall–Kier alpha value is -0.0800. The van der Waals surface area contributed by atoms with E-state index in [0.717, 1.165) is 12.0 Å². The molecule has 0 spiro atoms. The summed E-state index contributed by atoms with van der Waals surface area (Å²) >= 11 is 0. The van der Waals surface area contributed by atoms with E-state index in [0.29, 0.717) is 0 Å². The van der Waals surface area contributed by atoms with E-state index in [-0.39, 0.29) is 0 Å². The third kappa shape index (κ3) is 5.53. The molecule has 90 valence electrons. The highest BCUT2D eigenvalue weighted by atomic mass is 15.2. The Morgan fingerprint density at radius 2 is 2.20 bits per heavy atom. The molecular formula is C13H28N2. The van der Waals surface area contributed by atoms with Gasteiger partial charge < -0.3 is 10.2 Å². The predicted octanol–water partition coefficient (Wildman–Crippen LogP) is 2.50. The second-order valence-corrected chi connectivity index (χ2v) is 5.28. The fraction of sp³-hybridized carbons (Fsp3) is 1.00. The highest BCUT2D eigenvalue weighted by Crippen LogP contribution is 2.12. The average Bonchev–Trinajstić information content (AvgIpc) is 2.24. The van der Waals surface area contributed by atoms with Crippen molar-refractivity contribution in [2.45, 2.75) is 52.5 Å². The Balaban J connectivity index is 2.17. The van der Waals surface area contributed by atoms with Crippen LogP contribution < -0.4 is 5.32 Å². The SMILES string of the molecule is CCCNC1CCCN(CCC(C)C)C1. The smallest absolute Gasteiger partial charge is 0.0195 e. The van der Waals surface area contributed by atoms with Crippen LogP contribution in [0.3, 0.4) is 0 Å². The molecule has 0 radical (unpaired) electrons. The number of piperidine rings is 1. The van der Waals surface area contributed by atoms with Gasteiger partial charge in [0.2, 0.25) is 0 Å². The fourth-order valence-corrected chi connectivity index (χ4v) is 2.21. The summed E-state index contributed by atoms with van der Waals surface area (Å²) < 4.78 is 0. The zero-order valence-corrected chi connectivity index (χ0v) is 10.8. The highest BCUT2D eigenvalue weighted by molar-refractivity contribution is 4.77. The number of hydrogen-bond donors (Lipinski definition) is 1. The maximum atomic E-state index is 3.65. The molecule has 1 unspecified atom stereocenters. The van der Waals surface area contributed by atoms with Crippen molar-refractivity contribution in [3.05, 3.63) is 0 Å². The third-order valence-electron chi connectivity index (χ3n) is 3.21. The summed E-state index contributed by atoms with van der Waals surface area (Å²) in [6, 6.07) is 0.755. The van der Waals surface area contributed by atoms with E-state index in [9.17, 15) is 0 Å². The lowest BCUT2D eigenvalue weighted by Gasteiger charge is -2.33. The molecule has 0 saturated carbocycles. The van der Waals surface area contributed by atoms with Crippen molar-refractivity contribution >= 4 is 0 Å². The van der Waals surface area contributed by atoms with Crippen LogP contribution in [0, 0.1) is 5.92 Å². The van der Waals surface area contributed by atoms with Gasteiger partial charge in [-0.3, -0.25) is 0 Å². The van der Waals surface area contributed by atoms with Crippen molar-refractivity contribution in [2.24, 2.45) is 5.92 Å². The molecule has 1 aliphatic rings. The topological polar surface area (TPSA) is 15.3 Å². The Bertz CT molecular complexity index is 157. The van der Waals surface area contributed by atoms with Gasteiger partial charge in [-0.15, -0.1) is 0 Å². The first-order valence-electron chi connectivity index (χ1n) is 6.68. The number of hydrogen-bond acceptors (Lipinski definition) is 2. The van der Waals surface area contributed by atoms with Gasteiger partial charge in [-0.05, 0) is 51.2 Å². The van der Waals surface area contributed by atoms with Crippen molar-refractivity contribution in [1.82, 2.24) is 10.2 Å². The van der Waals surface area contributed by atoms with Gasteiger partial charge in [-0.1, -0.05) is 20.8 Å². The van der Waals surface area contributed by atoms with E-state index in [1.807, 2.05) is 0 Å². The molecule has 1 heterocycles. The van der Waals surface area contributed by atoms with Crippen molar-refractivity contribution in [1.29, 1.82) is 0 Å². The molecule has 15 heavy (non-hydrogen) atoms. The fourth-order valence-electron chi connectivity index (χ4n) is 2.21. The minimum absolute atomic E-state index is 0.755. The number of rotatable bonds is 6. The number of nitrogens with one attached hydrogen (secondary N) is 1. The van der Waals surface area contributed by atoms with Crippen molar-refractivity contribution in [3.63, 3.8) is 0 Å². The maximum absolute atomic E-state index is 3.65. The van der Waals surface area contributed by atoms with Crippen LogP contribution in [-0.4, -0.2) is 37.1 Å². The van der Waals surface area contributed by atoms with Crippen LogP contribution in [0.1, 0.15) is 46.5 Å². The van der Waals surface area contributed by atoms with Gasteiger partial charge >= 0.3 is 0 Å². The Morgan fingerprint density at radius 3 is 2.87 bits per heavy atom. The van der Waals surface area contributed by atoms with Crippen molar-refractivity contribution in [3.8, 4) is 0 Å². The van der Waals surface area contributed by atoms with Gasteiger partial charge in [-0.25, -0.2) is 0 Å². The molecule has 1 fully saturated rings. The first kappa shape index (κ1) is 13.0. The van der Waals surface area contributed by atoms with Crippen LogP contribution in [-0.2, 0) is 0 Å². The van der Waals surface area contributed by atoms with Crippen LogP contribution in [0.2, 0.25) is 0 Å². The Labute approximate surface area is 95.4 Å². The van der Waals surface area contributed by atoms with E-state index < -0.39 is 0 Å². The van der Waals surface area contributed by atoms with Crippen LogP contribution in [0.4, 0.5) is 0 Å². The average molecular weight is 212 g/mol. The summed E-state index contributed by atoms with van der Waals surface area (Å²) in [4.78, 5) is 2.64. The van der Waals surface area contributed by atoms with Gasteiger partial charge in [0.25, 0.3) is 0 Å². The van der Waals surface area contributed by atoms with Crippen molar-refractivity contribution < 1.29 is 0 Å². The molecule has 0 aliphatic carbocycles. The summed E-state index contributed by atoms with van der Waals surface area (Å²) in [5.41, 5.74) is 0. The molecule has 1 N–H and O–H groups in total. The Kier molecular flexibility index (Phi) is 6.26. The molecule has 0 aromatic carbocycles. The lowest BCUT2D eigenvalue weighted by atomic mass is 10.0. The van der Waals surface area contributed by atoms with Gasteiger partial charge in [-0.2, -0.15) is 0 Å². The van der Waals surface area contributed by atoms with Gasteiger partial charge in [0, 0.05) is 12.6 Å². The lowest BCUT2D eigenvalue weighted by Crippen LogP contribution is -2.46. The minimum atomic E-state index is 0.755. The second-order valence-electron chi connectivity index (χ2n) is 5.28. The van der Waals surface area contributed by atoms with Gasteiger partial charge in [0.1, 0.15) is 0 Å². The van der Waals surface area contributed by atoms with E-state index in [2.05, 4.69) is 31.0 Å². The van der Waals surface area contributed by atoms with Gasteiger partial charge in [0.05, 0.1) is 0 Å². The van der Waals surface area contributed by atoms with Crippen LogP contribution in [0.25, 0.3) is 0 Å². The summed E-state index contributed by atoms with van der Waals surface area (Å²) in [7, 11) is 0. The molecule has 2 nitrogen and oxygen atoms in total. The molecule has 1 saturated heterocycles. The second kappa shape index (κ2) is 7.24. The first-order chi connectivity index (χ1) is 7.22. The summed E-state index contributed by atoms with van der Waals surface area (Å²) in [5, 5.41) is 3.65. The normalized spacial score (nSPS) is 23.6. The standard InChI is InChI=1S/C13H28N2/c1-4-8-14-13-6-5-9-15(11-13)10-7-12(2)3/h12-14H,4-11H2,1-3H3. The Morgan fingerprint density at radius 1 is 1.40 bits per heavy atom. The minimum Gasteiger partial charge on any atom is -0.313 e. The van der Waals surface area contributed by atoms with Crippen LogP contribution >= 0.6 is 0 Å². The maximum Gasteiger partial charge on any atom is 0.0195 e. The molecule has 0 aromatic rings. The first-order valence-corrected chi connectivity index (χ1v) is 6.68. The third-order valence-corrected chi connectivity index (χ3v) is 3.21. The summed E-state index contributed by atoms with van der Waals surface area (Å²) in [6.45, 7) is 11.9. The molecule has 0 amide bonds. The molecular weight excluding hydrogens is 184 g/mol. The molecule has 1 aliphatic heterocycles. The number of likely N-dealkylation sites (tertiary alicyclic amines) is 1. The molecule has 2 heteroatoms. The zero-order valence-electron chi connectivity index (χ0n) is 10.8. The highest BCUT2D eigenvalue weighted by Gasteiger charge is 2.18. The summed E-state index contributed by atoms with van der Waals surface area (Å²) in [5.74, 6) is 0.842. The van der Waals surface area contributed by atoms with Crippen LogP contribution in [0.15, 0.2) is 0 Å². The zero-order chi connectivity index (χ0) is 11.1. The van der Waals surface area contributed by atoms with E-state index in [4.69, 9.17) is 0 Å². The molecule has 1 atom stereocenters. The summed E-state index contributed by atoms with van der Waals surface area (Å²) in [6.07, 6.45) is 5.35. The van der Waals surface area contributed by atoms with Gasteiger partial charge in [0.15, 0.2) is 0 Å². The largest absolute Gasteiger partial charge is 0.313 e. The van der Waals surface area contributed by atoms with E-state index in [1.165, 1.54) is 51.9 Å². The van der Waals surface area contributed by atoms with Crippen LogP contribution in [0.5, 0.6) is 0 Å². The molecule has 0 aromatic heterocycles. The quantitative estimate of drug-likeness (QED) is 0.728. The van der Waals surface area contributed by atoms with Crippen molar-refractivity contribution in [2.75, 3.05) is 26.2 Å². The predicted molar refractivity (Wildman–Crippen MR) is 67.2 cm³/mol. The van der Waals surface area contributed by atoms with E-state index >= 15 is 0 Å². The van der Waals surface area contributed by atoms with E-state index in [1.54, 1.807) is 0 Å². The molecule has 1 rings (SSSR count). The molecule has 0 bridgehead atoms. The number of nitrogens with zero attached hydrogens (tertiary/aromatic N) is 1.